The average molecular weight is 528 g/mol. The molecule has 1 amide bonds. The van der Waals surface area contributed by atoms with Gasteiger partial charge in [0.2, 0.25) is 0 Å². The van der Waals surface area contributed by atoms with Crippen molar-refractivity contribution in [2.45, 2.75) is 0 Å². The maximum absolute atomic E-state index is 12.7. The molecule has 174 valence electrons. The third kappa shape index (κ3) is 5.95. The standard InChI is InChI=1S/C23H18BrN3O7/c1-32-20-8-6-15(12-21(20)33-2)23(29)34-19-9-7-17(24)10-16(19)13-25-26-22(28)14-4-3-5-18(11-14)27(30)31/h3-13H,1-2H3,(H,26,28)/b25-13-. The number of hydrazone groups is 1. The molecule has 0 atom stereocenters. The molecule has 0 aliphatic heterocycles. The monoisotopic (exact) mass is 527 g/mol. The lowest BCUT2D eigenvalue weighted by Crippen LogP contribution is -2.18. The van der Waals surface area contributed by atoms with Gasteiger partial charge in [-0.05, 0) is 42.5 Å². The van der Waals surface area contributed by atoms with Crippen molar-refractivity contribution in [1.82, 2.24) is 5.43 Å². The summed E-state index contributed by atoms with van der Waals surface area (Å²) in [5.74, 6) is -0.248. The van der Waals surface area contributed by atoms with Crippen molar-refractivity contribution in [2.75, 3.05) is 14.2 Å². The second-order valence-corrected chi connectivity index (χ2v) is 7.56. The van der Waals surface area contributed by atoms with Crippen molar-refractivity contribution in [3.8, 4) is 17.2 Å². The van der Waals surface area contributed by atoms with Crippen LogP contribution < -0.4 is 19.6 Å². The highest BCUT2D eigenvalue weighted by Crippen LogP contribution is 2.29. The number of nitrogens with one attached hydrogen (secondary N) is 1. The van der Waals surface area contributed by atoms with Crippen LogP contribution in [-0.2, 0) is 0 Å². The molecule has 3 aromatic rings. The second-order valence-electron chi connectivity index (χ2n) is 6.65. The van der Waals surface area contributed by atoms with Crippen LogP contribution in [0, 0.1) is 10.1 Å². The van der Waals surface area contributed by atoms with Crippen LogP contribution in [-0.4, -0.2) is 37.2 Å². The molecule has 3 aromatic carbocycles. The number of nitrogens with zero attached hydrogens (tertiary/aromatic N) is 2. The molecule has 34 heavy (non-hydrogen) atoms. The van der Waals surface area contributed by atoms with Crippen molar-refractivity contribution in [3.63, 3.8) is 0 Å². The van der Waals surface area contributed by atoms with Crippen LogP contribution in [0.5, 0.6) is 17.2 Å². The lowest BCUT2D eigenvalue weighted by molar-refractivity contribution is -0.384. The smallest absolute Gasteiger partial charge is 0.343 e. The van der Waals surface area contributed by atoms with Crippen LogP contribution in [0.15, 0.2) is 70.2 Å². The lowest BCUT2D eigenvalue weighted by Gasteiger charge is -2.11. The van der Waals surface area contributed by atoms with E-state index < -0.39 is 16.8 Å². The van der Waals surface area contributed by atoms with Gasteiger partial charge in [-0.15, -0.1) is 0 Å². The first-order chi connectivity index (χ1) is 16.3. The molecule has 0 saturated heterocycles. The Kier molecular flexibility index (Phi) is 7.93. The van der Waals surface area contributed by atoms with Crippen molar-refractivity contribution in [3.05, 3.63) is 91.9 Å². The summed E-state index contributed by atoms with van der Waals surface area (Å²) in [5.41, 5.74) is 2.78. The highest BCUT2D eigenvalue weighted by Gasteiger charge is 2.15. The van der Waals surface area contributed by atoms with Crippen molar-refractivity contribution >= 4 is 39.7 Å². The summed E-state index contributed by atoms with van der Waals surface area (Å²) in [4.78, 5) is 35.2. The number of rotatable bonds is 8. The van der Waals surface area contributed by atoms with Crippen LogP contribution in [0.25, 0.3) is 0 Å². The number of amides is 1. The Labute approximate surface area is 202 Å². The van der Waals surface area contributed by atoms with Gasteiger partial charge in [0.25, 0.3) is 11.6 Å². The van der Waals surface area contributed by atoms with E-state index in [0.29, 0.717) is 21.5 Å². The highest BCUT2D eigenvalue weighted by atomic mass is 79.9. The Hall–Kier alpha value is -4.25. The zero-order valence-corrected chi connectivity index (χ0v) is 19.6. The van der Waals surface area contributed by atoms with Gasteiger partial charge in [-0.3, -0.25) is 14.9 Å². The first kappa shape index (κ1) is 24.4. The number of nitro groups is 1. The number of methoxy groups -OCH3 is 2. The van der Waals surface area contributed by atoms with Crippen LogP contribution in [0.1, 0.15) is 26.3 Å². The minimum Gasteiger partial charge on any atom is -0.493 e. The Morgan fingerprint density at radius 2 is 1.71 bits per heavy atom. The summed E-state index contributed by atoms with van der Waals surface area (Å²) >= 11 is 3.34. The maximum Gasteiger partial charge on any atom is 0.343 e. The van der Waals surface area contributed by atoms with Crippen LogP contribution in [0.3, 0.4) is 0 Å². The number of nitro benzene ring substituents is 1. The van der Waals surface area contributed by atoms with Crippen molar-refractivity contribution in [2.24, 2.45) is 5.10 Å². The van der Waals surface area contributed by atoms with Gasteiger partial charge in [0.1, 0.15) is 5.75 Å². The molecule has 11 heteroatoms. The van der Waals surface area contributed by atoms with E-state index in [0.717, 1.165) is 6.07 Å². The fourth-order valence-corrected chi connectivity index (χ4v) is 3.20. The van der Waals surface area contributed by atoms with E-state index in [1.807, 2.05) is 0 Å². The quantitative estimate of drug-likeness (QED) is 0.151. The predicted molar refractivity (Wildman–Crippen MR) is 127 cm³/mol. The molecular weight excluding hydrogens is 510 g/mol. The molecular formula is C23H18BrN3O7. The first-order valence-electron chi connectivity index (χ1n) is 9.64. The Morgan fingerprint density at radius 3 is 2.41 bits per heavy atom. The molecule has 0 aliphatic rings. The third-order valence-electron chi connectivity index (χ3n) is 4.48. The number of carbonyl (C=O) groups excluding carboxylic acids is 2. The fourth-order valence-electron chi connectivity index (χ4n) is 2.82. The minimum absolute atomic E-state index is 0.0701. The van der Waals surface area contributed by atoms with E-state index in [9.17, 15) is 19.7 Å². The summed E-state index contributed by atoms with van der Waals surface area (Å²) < 4.78 is 16.6. The van der Waals surface area contributed by atoms with E-state index in [-0.39, 0.29) is 22.6 Å². The predicted octanol–water partition coefficient (Wildman–Crippen LogP) is 4.36. The minimum atomic E-state index is -0.640. The average Bonchev–Trinajstić information content (AvgIpc) is 2.84. The van der Waals surface area contributed by atoms with E-state index in [4.69, 9.17) is 14.2 Å². The zero-order valence-electron chi connectivity index (χ0n) is 18.0. The summed E-state index contributed by atoms with van der Waals surface area (Å²) in [7, 11) is 2.94. The van der Waals surface area contributed by atoms with Gasteiger partial charge >= 0.3 is 5.97 Å². The molecule has 1 N–H and O–H groups in total. The molecule has 0 fully saturated rings. The molecule has 0 heterocycles. The third-order valence-corrected chi connectivity index (χ3v) is 4.98. The largest absolute Gasteiger partial charge is 0.493 e. The number of hydrogen-bond donors (Lipinski definition) is 1. The molecule has 3 rings (SSSR count). The Morgan fingerprint density at radius 1 is 0.971 bits per heavy atom. The molecule has 0 radical (unpaired) electrons. The lowest BCUT2D eigenvalue weighted by atomic mass is 10.2. The van der Waals surface area contributed by atoms with Gasteiger partial charge in [0, 0.05) is 27.7 Å². The summed E-state index contributed by atoms with van der Waals surface area (Å²) in [6.45, 7) is 0. The van der Waals surface area contributed by atoms with Gasteiger partial charge in [-0.1, -0.05) is 22.0 Å². The number of ether oxygens (including phenoxy) is 3. The van der Waals surface area contributed by atoms with Crippen molar-refractivity contribution in [1.29, 1.82) is 0 Å². The van der Waals surface area contributed by atoms with E-state index in [1.54, 1.807) is 24.3 Å². The first-order valence-corrected chi connectivity index (χ1v) is 10.4. The molecule has 0 bridgehead atoms. The van der Waals surface area contributed by atoms with Crippen molar-refractivity contribution < 1.29 is 28.7 Å². The molecule has 0 spiro atoms. The SMILES string of the molecule is COc1ccc(C(=O)Oc2ccc(Br)cc2/C=N\NC(=O)c2cccc([N+](=O)[O-])c2)cc1OC. The van der Waals surface area contributed by atoms with Gasteiger partial charge < -0.3 is 14.2 Å². The van der Waals surface area contributed by atoms with Gasteiger partial charge in [-0.2, -0.15) is 5.10 Å². The number of hydrogen-bond acceptors (Lipinski definition) is 8. The molecule has 0 aliphatic carbocycles. The molecule has 0 aromatic heterocycles. The number of carbonyl (C=O) groups is 2. The van der Waals surface area contributed by atoms with Gasteiger partial charge in [0.05, 0.1) is 30.9 Å². The summed E-state index contributed by atoms with van der Waals surface area (Å²) in [5, 5.41) is 14.8. The maximum atomic E-state index is 12.7. The Balaban J connectivity index is 1.76. The highest BCUT2D eigenvalue weighted by molar-refractivity contribution is 9.10. The number of non-ortho nitro benzene ring substituents is 1. The van der Waals surface area contributed by atoms with E-state index in [2.05, 4.69) is 26.5 Å². The molecule has 10 nitrogen and oxygen atoms in total. The normalized spacial score (nSPS) is 10.6. The molecule has 0 unspecified atom stereocenters. The van der Waals surface area contributed by atoms with Crippen LogP contribution in [0.2, 0.25) is 0 Å². The second kappa shape index (κ2) is 11.1. The topological polar surface area (TPSA) is 129 Å². The van der Waals surface area contributed by atoms with Gasteiger partial charge in [-0.25, -0.2) is 10.2 Å². The number of halogens is 1. The zero-order chi connectivity index (χ0) is 24.7. The molecule has 0 saturated carbocycles. The van der Waals surface area contributed by atoms with E-state index >= 15 is 0 Å². The number of benzene rings is 3. The Bertz CT molecular complexity index is 1280. The van der Waals surface area contributed by atoms with Gasteiger partial charge in [0.15, 0.2) is 11.5 Å². The number of esters is 1. The van der Waals surface area contributed by atoms with Crippen LogP contribution >= 0.6 is 15.9 Å². The van der Waals surface area contributed by atoms with E-state index in [1.165, 1.54) is 50.8 Å². The summed E-state index contributed by atoms with van der Waals surface area (Å²) in [6.07, 6.45) is 1.29. The van der Waals surface area contributed by atoms with Crippen LogP contribution in [0.4, 0.5) is 5.69 Å². The summed E-state index contributed by atoms with van der Waals surface area (Å²) in [6, 6.07) is 14.7. The fraction of sp³-hybridized carbons (Fsp3) is 0.0870.